The van der Waals surface area contributed by atoms with Crippen molar-refractivity contribution in [2.24, 2.45) is 0 Å². The van der Waals surface area contributed by atoms with Crippen molar-refractivity contribution in [3.05, 3.63) is 116 Å². The third-order valence-electron chi connectivity index (χ3n) is 6.29. The highest BCUT2D eigenvalue weighted by Crippen LogP contribution is 2.44. The molecule has 0 N–H and O–H groups in total. The van der Waals surface area contributed by atoms with Gasteiger partial charge in [-0.05, 0) is 72.7 Å². The van der Waals surface area contributed by atoms with Crippen LogP contribution in [0.25, 0.3) is 22.0 Å². The van der Waals surface area contributed by atoms with Crippen molar-refractivity contribution in [3.8, 4) is 17.2 Å². The molecule has 2 aromatic carbocycles. The molecule has 3 heterocycles. The summed E-state index contributed by atoms with van der Waals surface area (Å²) in [4.78, 5) is 10.3. The normalized spacial score (nSPS) is 12.9. The molecule has 3 aromatic heterocycles. The first-order valence-electron chi connectivity index (χ1n) is 11.0. The van der Waals surface area contributed by atoms with Gasteiger partial charge in [0.05, 0.1) is 11.6 Å². The van der Waals surface area contributed by atoms with Crippen LogP contribution in [0, 0.1) is 32.1 Å². The van der Waals surface area contributed by atoms with Crippen LogP contribution in [0.3, 0.4) is 0 Å². The van der Waals surface area contributed by atoms with Gasteiger partial charge in [0, 0.05) is 33.3 Å². The number of aryl methyl sites for hydroxylation is 3. The number of nitrogens with zero attached hydrogens (tertiary/aromatic N) is 3. The molecule has 5 heteroatoms. The number of rotatable bonds is 4. The molecular weight excluding hydrogens is 458 g/mol. The highest BCUT2D eigenvalue weighted by Gasteiger charge is 2.40. The van der Waals surface area contributed by atoms with Crippen molar-refractivity contribution in [2.45, 2.75) is 26.2 Å². The summed E-state index contributed by atoms with van der Waals surface area (Å²) in [5, 5.41) is 14.2. The molecular formula is C29H22ClN3S. The molecule has 1 atom stereocenters. The van der Waals surface area contributed by atoms with Gasteiger partial charge < -0.3 is 0 Å². The fraction of sp³-hybridized carbons (Fsp3) is 0.138. The van der Waals surface area contributed by atoms with Crippen LogP contribution in [0.1, 0.15) is 32.8 Å². The Labute approximate surface area is 208 Å². The number of thiophene rings is 1. The third-order valence-corrected chi connectivity index (χ3v) is 7.72. The Morgan fingerprint density at radius 1 is 0.912 bits per heavy atom. The molecule has 0 fully saturated rings. The van der Waals surface area contributed by atoms with Gasteiger partial charge in [-0.2, -0.15) is 5.26 Å². The van der Waals surface area contributed by atoms with Crippen LogP contribution in [-0.4, -0.2) is 9.97 Å². The summed E-state index contributed by atoms with van der Waals surface area (Å²) in [6, 6.07) is 25.0. The van der Waals surface area contributed by atoms with Gasteiger partial charge in [-0.25, -0.2) is 4.98 Å². The molecule has 0 saturated heterocycles. The number of hydrogen-bond acceptors (Lipinski definition) is 4. The first-order chi connectivity index (χ1) is 16.4. The van der Waals surface area contributed by atoms with Gasteiger partial charge in [0.1, 0.15) is 10.6 Å². The minimum Gasteiger partial charge on any atom is -0.261 e. The van der Waals surface area contributed by atoms with Crippen LogP contribution in [-0.2, 0) is 5.41 Å². The molecule has 0 saturated carbocycles. The number of benzene rings is 2. The molecule has 0 aliphatic rings. The predicted molar refractivity (Wildman–Crippen MR) is 140 cm³/mol. The van der Waals surface area contributed by atoms with Crippen LogP contribution in [0.4, 0.5) is 0 Å². The van der Waals surface area contributed by atoms with Crippen LogP contribution >= 0.6 is 22.9 Å². The lowest BCUT2D eigenvalue weighted by molar-refractivity contribution is 0.800. The second-order valence-electron chi connectivity index (χ2n) is 8.54. The van der Waals surface area contributed by atoms with Gasteiger partial charge >= 0.3 is 0 Å². The smallest absolute Gasteiger partial charge is 0.143 e. The topological polar surface area (TPSA) is 49.6 Å². The first kappa shape index (κ1) is 22.3. The average Bonchev–Trinajstić information content (AvgIpc) is 3.28. The van der Waals surface area contributed by atoms with E-state index in [0.717, 1.165) is 54.9 Å². The SMILES string of the molecule is Cc1ccc(C(C#N)(c2cc(C)c3nc(Cl)c(-c4ccccc4)cc3c2)c2sccc2C)cn1. The molecule has 0 radical (unpaired) electrons. The Morgan fingerprint density at radius 3 is 2.35 bits per heavy atom. The fourth-order valence-electron chi connectivity index (χ4n) is 4.53. The molecule has 1 unspecified atom stereocenters. The van der Waals surface area contributed by atoms with Crippen LogP contribution in [0.15, 0.2) is 78.3 Å². The van der Waals surface area contributed by atoms with Crippen molar-refractivity contribution in [2.75, 3.05) is 0 Å². The monoisotopic (exact) mass is 479 g/mol. The second-order valence-corrected chi connectivity index (χ2v) is 9.81. The summed E-state index contributed by atoms with van der Waals surface area (Å²) >= 11 is 8.21. The molecule has 3 nitrogen and oxygen atoms in total. The summed E-state index contributed by atoms with van der Waals surface area (Å²) in [6.45, 7) is 6.03. The lowest BCUT2D eigenvalue weighted by Crippen LogP contribution is -2.27. The second kappa shape index (κ2) is 8.68. The number of fused-ring (bicyclic) bond motifs is 1. The standard InChI is InChI=1S/C29H22ClN3S/c1-18-11-12-34-27(18)29(17-31,23-10-9-20(3)32-16-23)24-13-19(2)26-22(14-24)15-25(28(30)33-26)21-7-5-4-6-8-21/h4-16H,1-3H3. The van der Waals surface area contributed by atoms with Gasteiger partial charge in [-0.15, -0.1) is 11.3 Å². The Bertz CT molecular complexity index is 1550. The number of hydrogen-bond donors (Lipinski definition) is 0. The maximum Gasteiger partial charge on any atom is 0.143 e. The summed E-state index contributed by atoms with van der Waals surface area (Å²) in [6.07, 6.45) is 1.83. The minimum absolute atomic E-state index is 0.470. The van der Waals surface area contributed by atoms with Crippen LogP contribution in [0.5, 0.6) is 0 Å². The van der Waals surface area contributed by atoms with Gasteiger partial charge in [0.25, 0.3) is 0 Å². The van der Waals surface area contributed by atoms with Gasteiger partial charge in [-0.3, -0.25) is 4.98 Å². The highest BCUT2D eigenvalue weighted by atomic mass is 35.5. The summed E-state index contributed by atoms with van der Waals surface area (Å²) in [5.74, 6) is 0. The maximum atomic E-state index is 10.8. The zero-order chi connectivity index (χ0) is 23.9. The molecule has 5 rings (SSSR count). The quantitative estimate of drug-likeness (QED) is 0.247. The lowest BCUT2D eigenvalue weighted by atomic mass is 9.73. The Morgan fingerprint density at radius 2 is 1.71 bits per heavy atom. The summed E-state index contributed by atoms with van der Waals surface area (Å²) in [7, 11) is 0. The van der Waals surface area contributed by atoms with E-state index in [1.54, 1.807) is 11.3 Å². The van der Waals surface area contributed by atoms with Gasteiger partial charge in [0.15, 0.2) is 0 Å². The molecule has 166 valence electrons. The number of halogens is 1. The molecule has 34 heavy (non-hydrogen) atoms. The average molecular weight is 480 g/mol. The number of aromatic nitrogens is 2. The van der Waals surface area contributed by atoms with Crippen molar-refractivity contribution in [3.63, 3.8) is 0 Å². The Balaban J connectivity index is 1.82. The molecule has 0 amide bonds. The Kier molecular flexibility index (Phi) is 5.69. The van der Waals surface area contributed by atoms with E-state index in [0.29, 0.717) is 5.15 Å². The van der Waals surface area contributed by atoms with Gasteiger partial charge in [0.2, 0.25) is 0 Å². The van der Waals surface area contributed by atoms with Gasteiger partial charge in [-0.1, -0.05) is 54.1 Å². The molecule has 5 aromatic rings. The van der Waals surface area contributed by atoms with E-state index in [4.69, 9.17) is 16.6 Å². The summed E-state index contributed by atoms with van der Waals surface area (Å²) < 4.78 is 0. The van der Waals surface area contributed by atoms with Crippen molar-refractivity contribution in [1.29, 1.82) is 5.26 Å². The number of nitriles is 1. The summed E-state index contributed by atoms with van der Waals surface area (Å²) in [5.41, 5.74) is 6.47. The van der Waals surface area contributed by atoms with Crippen molar-refractivity contribution in [1.82, 2.24) is 9.97 Å². The first-order valence-corrected chi connectivity index (χ1v) is 12.3. The highest BCUT2D eigenvalue weighted by molar-refractivity contribution is 7.10. The Hall–Kier alpha value is -3.52. The van der Waals surface area contributed by atoms with E-state index >= 15 is 0 Å². The van der Waals surface area contributed by atoms with Crippen molar-refractivity contribution >= 4 is 33.8 Å². The molecule has 0 spiro atoms. The van der Waals surface area contributed by atoms with Crippen LogP contribution in [0.2, 0.25) is 5.15 Å². The number of pyridine rings is 2. The van der Waals surface area contributed by atoms with E-state index in [-0.39, 0.29) is 0 Å². The predicted octanol–water partition coefficient (Wildman–Crippen LogP) is 7.79. The zero-order valence-electron chi connectivity index (χ0n) is 19.1. The molecule has 0 bridgehead atoms. The third kappa shape index (κ3) is 3.58. The van der Waals surface area contributed by atoms with E-state index in [1.165, 1.54) is 0 Å². The fourth-order valence-corrected chi connectivity index (χ4v) is 5.90. The van der Waals surface area contributed by atoms with Crippen molar-refractivity contribution < 1.29 is 0 Å². The van der Waals surface area contributed by atoms with Crippen LogP contribution < -0.4 is 0 Å². The molecule has 0 aliphatic carbocycles. The van der Waals surface area contributed by atoms with E-state index in [2.05, 4.69) is 42.2 Å². The lowest BCUT2D eigenvalue weighted by Gasteiger charge is -2.28. The van der Waals surface area contributed by atoms with E-state index < -0.39 is 5.41 Å². The minimum atomic E-state index is -0.982. The van der Waals surface area contributed by atoms with E-state index in [1.807, 2.05) is 67.9 Å². The molecule has 0 aliphatic heterocycles. The maximum absolute atomic E-state index is 10.8. The van der Waals surface area contributed by atoms with E-state index in [9.17, 15) is 5.26 Å². The zero-order valence-corrected chi connectivity index (χ0v) is 20.7. The largest absolute Gasteiger partial charge is 0.261 e.